The monoisotopic (exact) mass is 258 g/mol. The molecule has 1 aliphatic heterocycles. The van der Waals surface area contributed by atoms with Crippen LogP contribution in [0.4, 0.5) is 11.4 Å². The van der Waals surface area contributed by atoms with Crippen LogP contribution in [0.25, 0.3) is 0 Å². The van der Waals surface area contributed by atoms with Gasteiger partial charge in [-0.3, -0.25) is 4.99 Å². The molecular formula is C17H26N2. The molecule has 0 amide bonds. The van der Waals surface area contributed by atoms with Crippen LogP contribution in [0, 0.1) is 10.8 Å². The molecule has 1 aromatic rings. The molecule has 1 heterocycles. The number of hydrogen-bond acceptors (Lipinski definition) is 2. The van der Waals surface area contributed by atoms with Gasteiger partial charge in [-0.25, -0.2) is 0 Å². The first-order valence-corrected chi connectivity index (χ1v) is 7.11. The number of fused-ring (bicyclic) bond motifs is 1. The predicted molar refractivity (Wildman–Crippen MR) is 84.5 cm³/mol. The number of hydrogen-bond donors (Lipinski definition) is 1. The van der Waals surface area contributed by atoms with E-state index in [-0.39, 0.29) is 10.8 Å². The minimum absolute atomic E-state index is 0.114. The molecule has 0 bridgehead atoms. The average molecular weight is 258 g/mol. The number of rotatable bonds is 0. The predicted octanol–water partition coefficient (Wildman–Crippen LogP) is 5.04. The molecular weight excluding hydrogens is 232 g/mol. The Morgan fingerprint density at radius 3 is 2.26 bits per heavy atom. The molecule has 0 aromatic heterocycles. The molecule has 1 aliphatic rings. The summed E-state index contributed by atoms with van der Waals surface area (Å²) in [5.74, 6) is 0. The van der Waals surface area contributed by atoms with Crippen molar-refractivity contribution in [3.05, 3.63) is 24.3 Å². The van der Waals surface area contributed by atoms with Crippen molar-refractivity contribution in [1.82, 2.24) is 0 Å². The fourth-order valence-electron chi connectivity index (χ4n) is 2.31. The molecule has 0 saturated heterocycles. The van der Waals surface area contributed by atoms with Gasteiger partial charge >= 0.3 is 0 Å². The molecule has 1 aromatic carbocycles. The van der Waals surface area contributed by atoms with Crippen LogP contribution in [0.2, 0.25) is 0 Å². The normalized spacial score (nSPS) is 20.1. The van der Waals surface area contributed by atoms with Crippen LogP contribution >= 0.6 is 0 Å². The first-order valence-electron chi connectivity index (χ1n) is 7.11. The quantitative estimate of drug-likeness (QED) is 0.693. The maximum absolute atomic E-state index is 4.93. The van der Waals surface area contributed by atoms with E-state index in [1.54, 1.807) is 0 Å². The van der Waals surface area contributed by atoms with E-state index in [0.717, 1.165) is 17.8 Å². The van der Waals surface area contributed by atoms with E-state index in [0.29, 0.717) is 6.04 Å². The summed E-state index contributed by atoms with van der Waals surface area (Å²) >= 11 is 0. The summed E-state index contributed by atoms with van der Waals surface area (Å²) in [5, 5.41) is 3.69. The molecule has 1 unspecified atom stereocenters. The van der Waals surface area contributed by atoms with Gasteiger partial charge in [0.2, 0.25) is 0 Å². The first-order chi connectivity index (χ1) is 8.68. The summed E-state index contributed by atoms with van der Waals surface area (Å²) in [7, 11) is 0. The lowest BCUT2D eigenvalue weighted by atomic mass is 9.78. The van der Waals surface area contributed by atoms with Crippen molar-refractivity contribution in [2.45, 2.75) is 54.0 Å². The fraction of sp³-hybridized carbons (Fsp3) is 0.588. The highest BCUT2D eigenvalue weighted by Gasteiger charge is 2.32. The fourth-order valence-corrected chi connectivity index (χ4v) is 2.31. The van der Waals surface area contributed by atoms with E-state index in [1.807, 2.05) is 0 Å². The van der Waals surface area contributed by atoms with Crippen molar-refractivity contribution in [3.63, 3.8) is 0 Å². The first kappa shape index (κ1) is 14.1. The van der Waals surface area contributed by atoms with E-state index in [1.165, 1.54) is 5.71 Å². The lowest BCUT2D eigenvalue weighted by Crippen LogP contribution is -2.37. The van der Waals surface area contributed by atoms with Crippen LogP contribution < -0.4 is 5.32 Å². The van der Waals surface area contributed by atoms with Crippen molar-refractivity contribution >= 4 is 17.1 Å². The Morgan fingerprint density at radius 1 is 1.05 bits per heavy atom. The molecule has 19 heavy (non-hydrogen) atoms. The summed E-state index contributed by atoms with van der Waals surface area (Å²) in [4.78, 5) is 4.93. The molecule has 2 rings (SSSR count). The molecule has 0 spiro atoms. The molecule has 0 radical (unpaired) electrons. The zero-order valence-electron chi connectivity index (χ0n) is 13.0. The van der Waals surface area contributed by atoms with Gasteiger partial charge in [0, 0.05) is 23.6 Å². The Bertz CT molecular complexity index is 487. The van der Waals surface area contributed by atoms with Gasteiger partial charge in [-0.1, -0.05) is 53.7 Å². The number of nitrogens with one attached hydrogen (secondary N) is 1. The highest BCUT2D eigenvalue weighted by Crippen LogP contribution is 2.37. The number of nitrogens with zero attached hydrogens (tertiary/aromatic N) is 1. The van der Waals surface area contributed by atoms with Crippen molar-refractivity contribution in [2.75, 3.05) is 5.32 Å². The summed E-state index contributed by atoms with van der Waals surface area (Å²) < 4.78 is 0. The Hall–Kier alpha value is -1.31. The van der Waals surface area contributed by atoms with Crippen LogP contribution in [-0.4, -0.2) is 11.8 Å². The second-order valence-corrected chi connectivity index (χ2v) is 7.59. The molecule has 2 nitrogen and oxygen atoms in total. The molecule has 2 heteroatoms. The highest BCUT2D eigenvalue weighted by atomic mass is 15.0. The number of anilines is 1. The summed E-state index contributed by atoms with van der Waals surface area (Å²) in [5.41, 5.74) is 3.83. The third-order valence-electron chi connectivity index (χ3n) is 3.80. The smallest absolute Gasteiger partial charge is 0.0860 e. The average Bonchev–Trinajstić information content (AvgIpc) is 2.46. The van der Waals surface area contributed by atoms with Crippen molar-refractivity contribution in [2.24, 2.45) is 15.8 Å². The van der Waals surface area contributed by atoms with Crippen LogP contribution in [0.5, 0.6) is 0 Å². The van der Waals surface area contributed by atoms with Gasteiger partial charge in [-0.15, -0.1) is 0 Å². The van der Waals surface area contributed by atoms with Crippen molar-refractivity contribution < 1.29 is 0 Å². The van der Waals surface area contributed by atoms with Gasteiger partial charge in [0.05, 0.1) is 11.4 Å². The van der Waals surface area contributed by atoms with Crippen LogP contribution in [-0.2, 0) is 0 Å². The molecule has 0 fully saturated rings. The second kappa shape index (κ2) is 4.66. The zero-order valence-corrected chi connectivity index (χ0v) is 13.0. The lowest BCUT2D eigenvalue weighted by molar-refractivity contribution is 0.343. The van der Waals surface area contributed by atoms with E-state index >= 15 is 0 Å². The van der Waals surface area contributed by atoms with Crippen molar-refractivity contribution in [1.29, 1.82) is 0 Å². The van der Waals surface area contributed by atoms with Crippen LogP contribution in [0.15, 0.2) is 29.3 Å². The number of para-hydroxylation sites is 2. The highest BCUT2D eigenvalue weighted by molar-refractivity contribution is 5.94. The van der Waals surface area contributed by atoms with Gasteiger partial charge in [0.25, 0.3) is 0 Å². The van der Waals surface area contributed by atoms with E-state index in [2.05, 4.69) is 71.1 Å². The van der Waals surface area contributed by atoms with Gasteiger partial charge in [0.15, 0.2) is 0 Å². The van der Waals surface area contributed by atoms with Gasteiger partial charge in [-0.05, 0) is 17.5 Å². The number of benzene rings is 1. The Kier molecular flexibility index (Phi) is 3.46. The Morgan fingerprint density at radius 2 is 1.68 bits per heavy atom. The van der Waals surface area contributed by atoms with Gasteiger partial charge < -0.3 is 5.32 Å². The van der Waals surface area contributed by atoms with E-state index in [9.17, 15) is 0 Å². The van der Waals surface area contributed by atoms with Gasteiger partial charge in [0.1, 0.15) is 0 Å². The maximum atomic E-state index is 4.93. The minimum Gasteiger partial charge on any atom is -0.380 e. The molecule has 0 saturated carbocycles. The third-order valence-corrected chi connectivity index (χ3v) is 3.80. The molecule has 1 N–H and O–H groups in total. The summed E-state index contributed by atoms with van der Waals surface area (Å²) in [6, 6.07) is 8.77. The largest absolute Gasteiger partial charge is 0.380 e. The number of aliphatic imine (C=N–C) groups is 1. The third kappa shape index (κ3) is 3.17. The second-order valence-electron chi connectivity index (χ2n) is 7.59. The van der Waals surface area contributed by atoms with E-state index < -0.39 is 0 Å². The maximum Gasteiger partial charge on any atom is 0.0860 e. The molecule has 104 valence electrons. The summed E-state index contributed by atoms with van der Waals surface area (Å²) in [6.45, 7) is 13.6. The molecule has 1 atom stereocenters. The zero-order chi connectivity index (χ0) is 14.3. The topological polar surface area (TPSA) is 24.4 Å². The minimum atomic E-state index is 0.114. The Balaban J connectivity index is 2.49. The SMILES string of the molecule is CC(C)(C)C1=Nc2ccccc2NC(C(C)(C)C)C1. The lowest BCUT2D eigenvalue weighted by Gasteiger charge is -2.33. The summed E-state index contributed by atoms with van der Waals surface area (Å²) in [6.07, 6.45) is 1.00. The standard InChI is InChI=1S/C17H26N2/c1-16(2,3)14-11-15(17(4,5)6)19-13-10-8-7-9-12(13)18-14/h7-10,14,18H,11H2,1-6H3. The molecule has 0 aliphatic carbocycles. The van der Waals surface area contributed by atoms with Crippen LogP contribution in [0.1, 0.15) is 48.0 Å². The van der Waals surface area contributed by atoms with E-state index in [4.69, 9.17) is 4.99 Å². The van der Waals surface area contributed by atoms with Crippen LogP contribution in [0.3, 0.4) is 0 Å². The Labute approximate surface area is 117 Å². The van der Waals surface area contributed by atoms with Gasteiger partial charge in [-0.2, -0.15) is 0 Å². The van der Waals surface area contributed by atoms with Crippen molar-refractivity contribution in [3.8, 4) is 0 Å².